The van der Waals surface area contributed by atoms with Crippen LogP contribution in [-0.2, 0) is 27.9 Å². The summed E-state index contributed by atoms with van der Waals surface area (Å²) < 4.78 is 27.5. The molecule has 9 heteroatoms. The number of sulfonamides is 1. The van der Waals surface area contributed by atoms with E-state index >= 15 is 0 Å². The highest BCUT2D eigenvalue weighted by molar-refractivity contribution is 7.89. The van der Waals surface area contributed by atoms with Crippen LogP contribution in [0.2, 0.25) is 0 Å². The predicted octanol–water partition coefficient (Wildman–Crippen LogP) is 4.79. The number of amides is 3. The number of rotatable bonds is 13. The molecule has 0 spiro atoms. The molecule has 40 heavy (non-hydrogen) atoms. The van der Waals surface area contributed by atoms with E-state index in [1.165, 1.54) is 4.31 Å². The molecule has 0 saturated carbocycles. The van der Waals surface area contributed by atoms with Gasteiger partial charge in [0.1, 0.15) is 0 Å². The van der Waals surface area contributed by atoms with E-state index in [4.69, 9.17) is 0 Å². The maximum atomic E-state index is 13.9. The molecule has 2 aromatic rings. The highest BCUT2D eigenvalue weighted by Gasteiger charge is 2.33. The van der Waals surface area contributed by atoms with Gasteiger partial charge in [-0.25, -0.2) is 13.2 Å². The fourth-order valence-electron chi connectivity index (χ4n) is 5.01. The number of aryl methyl sites for hydroxylation is 1. The van der Waals surface area contributed by atoms with E-state index in [1.807, 2.05) is 73.3 Å². The van der Waals surface area contributed by atoms with Crippen molar-refractivity contribution in [2.24, 2.45) is 5.92 Å². The molecule has 0 unspecified atom stereocenters. The molecule has 0 bridgehead atoms. The molecule has 1 aliphatic heterocycles. The van der Waals surface area contributed by atoms with Crippen molar-refractivity contribution in [1.82, 2.24) is 19.4 Å². The van der Waals surface area contributed by atoms with Crippen LogP contribution >= 0.6 is 0 Å². The van der Waals surface area contributed by atoms with Crippen molar-refractivity contribution in [3.05, 3.63) is 71.3 Å². The van der Waals surface area contributed by atoms with Crippen LogP contribution in [-0.4, -0.2) is 72.4 Å². The summed E-state index contributed by atoms with van der Waals surface area (Å²) in [6.07, 6.45) is 2.49. The van der Waals surface area contributed by atoms with Crippen molar-refractivity contribution >= 4 is 22.0 Å². The predicted molar refractivity (Wildman–Crippen MR) is 160 cm³/mol. The van der Waals surface area contributed by atoms with Gasteiger partial charge >= 0.3 is 6.03 Å². The van der Waals surface area contributed by atoms with Crippen molar-refractivity contribution in [1.29, 1.82) is 0 Å². The van der Waals surface area contributed by atoms with Gasteiger partial charge in [-0.1, -0.05) is 75.4 Å². The maximum Gasteiger partial charge on any atom is 0.317 e. The molecule has 1 saturated heterocycles. The monoisotopic (exact) mass is 570 g/mol. The van der Waals surface area contributed by atoms with Crippen LogP contribution in [0.3, 0.4) is 0 Å². The Balaban J connectivity index is 1.72. The lowest BCUT2D eigenvalue weighted by Crippen LogP contribution is -2.52. The molecule has 8 nitrogen and oxygen atoms in total. The first-order valence-electron chi connectivity index (χ1n) is 14.5. The summed E-state index contributed by atoms with van der Waals surface area (Å²) >= 11 is 0. The second-order valence-electron chi connectivity index (χ2n) is 11.1. The molecule has 1 N–H and O–H groups in total. The van der Waals surface area contributed by atoms with Crippen molar-refractivity contribution < 1.29 is 18.0 Å². The van der Waals surface area contributed by atoms with E-state index in [0.29, 0.717) is 64.3 Å². The quantitative estimate of drug-likeness (QED) is 0.375. The lowest BCUT2D eigenvalue weighted by molar-refractivity contribution is -0.135. The van der Waals surface area contributed by atoms with Gasteiger partial charge in [-0.15, -0.1) is 0 Å². The Morgan fingerprint density at radius 3 is 2.30 bits per heavy atom. The Kier molecular flexibility index (Phi) is 12.0. The van der Waals surface area contributed by atoms with Crippen LogP contribution in [0.15, 0.2) is 54.6 Å². The molecule has 2 aromatic carbocycles. The maximum absolute atomic E-state index is 13.9. The van der Waals surface area contributed by atoms with Gasteiger partial charge in [0.2, 0.25) is 15.9 Å². The average molecular weight is 571 g/mol. The van der Waals surface area contributed by atoms with E-state index in [-0.39, 0.29) is 30.3 Å². The first kappa shape index (κ1) is 31.6. The topological polar surface area (TPSA) is 90.0 Å². The summed E-state index contributed by atoms with van der Waals surface area (Å²) in [6.45, 7) is 10.1. The Hall–Kier alpha value is -2.91. The van der Waals surface area contributed by atoms with Crippen LogP contribution in [0.25, 0.3) is 0 Å². The normalized spacial score (nSPS) is 14.5. The number of nitrogens with zero attached hydrogens (tertiary/aromatic N) is 3. The molecule has 0 aromatic heterocycles. The van der Waals surface area contributed by atoms with E-state index < -0.39 is 10.0 Å². The number of hydrogen-bond acceptors (Lipinski definition) is 4. The van der Waals surface area contributed by atoms with Gasteiger partial charge in [-0.05, 0) is 55.2 Å². The van der Waals surface area contributed by atoms with Crippen LogP contribution in [0.1, 0.15) is 63.1 Å². The number of carbonyl (C=O) groups is 2. The number of benzene rings is 2. The molecule has 3 amide bonds. The molecule has 1 heterocycles. The zero-order valence-electron chi connectivity index (χ0n) is 24.5. The highest BCUT2D eigenvalue weighted by atomic mass is 32.2. The number of urea groups is 1. The van der Waals surface area contributed by atoms with Gasteiger partial charge in [0.25, 0.3) is 0 Å². The number of nitrogens with one attached hydrogen (secondary N) is 1. The van der Waals surface area contributed by atoms with Crippen LogP contribution < -0.4 is 5.32 Å². The Morgan fingerprint density at radius 1 is 1.02 bits per heavy atom. The fraction of sp³-hybridized carbons (Fsp3) is 0.548. The minimum atomic E-state index is -3.53. The molecule has 3 rings (SSSR count). The first-order chi connectivity index (χ1) is 19.1. The Bertz CT molecular complexity index is 1190. The molecule has 220 valence electrons. The summed E-state index contributed by atoms with van der Waals surface area (Å²) in [6, 6.07) is 17.6. The number of piperidine rings is 1. The second kappa shape index (κ2) is 15.2. The summed E-state index contributed by atoms with van der Waals surface area (Å²) in [5, 5.41) is 2.99. The van der Waals surface area contributed by atoms with Crippen molar-refractivity contribution in [2.45, 2.75) is 72.5 Å². The van der Waals surface area contributed by atoms with Gasteiger partial charge in [-0.3, -0.25) is 4.79 Å². The first-order valence-corrected chi connectivity index (χ1v) is 16.1. The smallest absolute Gasteiger partial charge is 0.317 e. The molecule has 0 aliphatic carbocycles. The van der Waals surface area contributed by atoms with E-state index in [1.54, 1.807) is 4.90 Å². The van der Waals surface area contributed by atoms with Gasteiger partial charge < -0.3 is 15.1 Å². The Morgan fingerprint density at radius 2 is 1.68 bits per heavy atom. The van der Waals surface area contributed by atoms with Crippen LogP contribution in [0, 0.1) is 12.8 Å². The van der Waals surface area contributed by atoms with Crippen molar-refractivity contribution in [3.8, 4) is 0 Å². The lowest BCUT2D eigenvalue weighted by Gasteiger charge is -2.39. The van der Waals surface area contributed by atoms with E-state index in [2.05, 4.69) is 19.2 Å². The largest absolute Gasteiger partial charge is 0.334 e. The minimum absolute atomic E-state index is 0.0344. The summed E-state index contributed by atoms with van der Waals surface area (Å²) in [5.41, 5.74) is 3.18. The molecular formula is C31H46N4O4S. The molecule has 0 atom stereocenters. The zero-order valence-corrected chi connectivity index (χ0v) is 25.3. The number of likely N-dealkylation sites (tertiary alicyclic amines) is 1. The van der Waals surface area contributed by atoms with Gasteiger partial charge in [0.05, 0.1) is 12.3 Å². The second-order valence-corrected chi connectivity index (χ2v) is 13.2. The summed E-state index contributed by atoms with van der Waals surface area (Å²) in [5.74, 6) is 0.181. The van der Waals surface area contributed by atoms with E-state index in [0.717, 1.165) is 16.7 Å². The van der Waals surface area contributed by atoms with Gasteiger partial charge in [0.15, 0.2) is 0 Å². The summed E-state index contributed by atoms with van der Waals surface area (Å²) in [4.78, 5) is 30.3. The van der Waals surface area contributed by atoms with Crippen LogP contribution in [0.5, 0.6) is 0 Å². The fourth-order valence-corrected chi connectivity index (χ4v) is 6.47. The third-order valence-corrected chi connectivity index (χ3v) is 9.55. The zero-order chi connectivity index (χ0) is 29.1. The van der Waals surface area contributed by atoms with Crippen LogP contribution in [0.4, 0.5) is 4.79 Å². The lowest BCUT2D eigenvalue weighted by atomic mass is 10.0. The van der Waals surface area contributed by atoms with E-state index in [9.17, 15) is 18.0 Å². The standard InChI is InChI=1S/C31H46N4O4S/c1-5-21-40(38,39)34(20-15-25(2)3)24-30(36)35(23-28-14-10-9-11-26(28)4)29-16-18-33(19-17-29)31(37)32-22-27-12-7-6-8-13-27/h6-14,25,29H,5,15-24H2,1-4H3,(H,32,37). The molecule has 1 aliphatic rings. The highest BCUT2D eigenvalue weighted by Crippen LogP contribution is 2.22. The minimum Gasteiger partial charge on any atom is -0.334 e. The number of carbonyl (C=O) groups excluding carboxylic acids is 2. The third-order valence-electron chi connectivity index (χ3n) is 7.52. The third kappa shape index (κ3) is 9.34. The molecule has 0 radical (unpaired) electrons. The SMILES string of the molecule is CCCS(=O)(=O)N(CCC(C)C)CC(=O)N(Cc1ccccc1C)C1CCN(C(=O)NCc2ccccc2)CC1. The molecule has 1 fully saturated rings. The summed E-state index contributed by atoms with van der Waals surface area (Å²) in [7, 11) is -3.53. The van der Waals surface area contributed by atoms with Gasteiger partial charge in [0, 0.05) is 38.8 Å². The average Bonchev–Trinajstić information content (AvgIpc) is 2.94. The molecular weight excluding hydrogens is 524 g/mol. The number of hydrogen-bond donors (Lipinski definition) is 1. The Labute approximate surface area is 240 Å². The van der Waals surface area contributed by atoms with Crippen molar-refractivity contribution in [3.63, 3.8) is 0 Å². The van der Waals surface area contributed by atoms with Crippen molar-refractivity contribution in [2.75, 3.05) is 31.9 Å². The van der Waals surface area contributed by atoms with Gasteiger partial charge in [-0.2, -0.15) is 4.31 Å².